The molecule has 270 valence electrons. The number of carbonyl (C=O) groups excluding carboxylic acids is 4. The van der Waals surface area contributed by atoms with Crippen LogP contribution in [0.4, 0.5) is 43.7 Å². The van der Waals surface area contributed by atoms with Crippen LogP contribution in [0.5, 0.6) is 0 Å². The van der Waals surface area contributed by atoms with Gasteiger partial charge >= 0.3 is 12.2 Å². The van der Waals surface area contributed by atoms with Crippen molar-refractivity contribution in [3.05, 3.63) is 72.8 Å². The second-order valence-corrected chi connectivity index (χ2v) is 12.0. The third-order valence-corrected chi connectivity index (χ3v) is 4.64. The quantitative estimate of drug-likeness (QED) is 0.133. The Balaban J connectivity index is 0. The Kier molecular flexibility index (Phi) is 20.3. The molecule has 4 amide bonds. The van der Waals surface area contributed by atoms with Gasteiger partial charge < -0.3 is 36.7 Å². The van der Waals surface area contributed by atoms with Crippen LogP contribution >= 0.6 is 0 Å². The first kappa shape index (κ1) is 45.3. The molecule has 0 fully saturated rings. The van der Waals surface area contributed by atoms with Crippen molar-refractivity contribution >= 4 is 64.1 Å². The fraction of sp³-hybridized carbons (Fsp3) is 0.343. The summed E-state index contributed by atoms with van der Waals surface area (Å²) in [4.78, 5) is 53.2. The van der Waals surface area contributed by atoms with Crippen molar-refractivity contribution in [2.45, 2.75) is 80.9 Å². The summed E-state index contributed by atoms with van der Waals surface area (Å²) in [5.74, 6) is -1.04. The Morgan fingerprint density at radius 1 is 0.510 bits per heavy atom. The van der Waals surface area contributed by atoms with Gasteiger partial charge in [0.25, 0.3) is 5.97 Å². The number of rotatable bonds is 4. The first-order chi connectivity index (χ1) is 22.0. The van der Waals surface area contributed by atoms with Crippen molar-refractivity contribution in [3.63, 3.8) is 0 Å². The predicted octanol–water partition coefficient (Wildman–Crippen LogP) is 7.56. The minimum absolute atomic E-state index is 0. The molecule has 0 aromatic heterocycles. The monoisotopic (exact) mass is 684 g/mol. The molecule has 0 aliphatic carbocycles. The number of aliphatic carboxylic acids is 1. The van der Waals surface area contributed by atoms with Crippen molar-refractivity contribution in [1.29, 1.82) is 0 Å². The van der Waals surface area contributed by atoms with Gasteiger partial charge in [-0.05, 0) is 114 Å². The smallest absolute Gasteiger partial charge is 0.412 e. The van der Waals surface area contributed by atoms with Crippen LogP contribution in [0.15, 0.2) is 72.8 Å². The molecule has 49 heavy (non-hydrogen) atoms. The van der Waals surface area contributed by atoms with Crippen molar-refractivity contribution in [2.75, 3.05) is 32.7 Å². The average Bonchev–Trinajstić information content (AvgIpc) is 2.90. The number of amides is 4. The number of carboxylic acid groups (broad SMARTS) is 1. The maximum atomic E-state index is 11.5. The van der Waals surface area contributed by atoms with Crippen LogP contribution in [0, 0.1) is 0 Å². The molecule has 0 unspecified atom stereocenters. The van der Waals surface area contributed by atoms with Gasteiger partial charge in [0.1, 0.15) is 11.2 Å². The van der Waals surface area contributed by atoms with E-state index in [9.17, 15) is 19.2 Å². The van der Waals surface area contributed by atoms with E-state index in [4.69, 9.17) is 30.8 Å². The van der Waals surface area contributed by atoms with E-state index in [2.05, 4.69) is 21.3 Å². The number of carbonyl (C=O) groups is 5. The summed E-state index contributed by atoms with van der Waals surface area (Å²) in [6.07, 6.45) is -0.970. The van der Waals surface area contributed by atoms with Gasteiger partial charge in [0.05, 0.1) is 0 Å². The van der Waals surface area contributed by atoms with Crippen LogP contribution in [-0.2, 0) is 23.9 Å². The number of hydrogen-bond acceptors (Lipinski definition) is 9. The van der Waals surface area contributed by atoms with E-state index in [0.717, 1.165) is 12.6 Å². The molecule has 0 radical (unpaired) electrons. The fourth-order valence-corrected chi connectivity index (χ4v) is 3.02. The molecule has 0 heterocycles. The summed E-state index contributed by atoms with van der Waals surface area (Å²) in [7, 11) is 0. The SMILES string of the molecule is C.CC(=O)Nc1ccc(N)cc1.CC(=O)Nc1ccc(NC(=O)OC(C)(C)C)cc1.CC(=O)O.CC(C)(C)OC(=O)Nc1ccc(N)cc1. The molecule has 0 spiro atoms. The summed E-state index contributed by atoms with van der Waals surface area (Å²) in [6, 6.07) is 20.7. The molecule has 14 nitrogen and oxygen atoms in total. The van der Waals surface area contributed by atoms with Crippen molar-refractivity contribution < 1.29 is 38.6 Å². The van der Waals surface area contributed by atoms with Gasteiger partial charge in [-0.2, -0.15) is 0 Å². The van der Waals surface area contributed by atoms with E-state index < -0.39 is 29.4 Å². The maximum absolute atomic E-state index is 11.5. The lowest BCUT2D eigenvalue weighted by Crippen LogP contribution is -2.27. The first-order valence-corrected chi connectivity index (χ1v) is 14.6. The van der Waals surface area contributed by atoms with Crippen LogP contribution in [0.1, 0.15) is 69.7 Å². The van der Waals surface area contributed by atoms with E-state index >= 15 is 0 Å². The molecule has 3 aromatic carbocycles. The van der Waals surface area contributed by atoms with E-state index in [1.807, 2.05) is 20.8 Å². The highest BCUT2D eigenvalue weighted by molar-refractivity contribution is 5.90. The summed E-state index contributed by atoms with van der Waals surface area (Å²) in [6.45, 7) is 14.8. The predicted molar refractivity (Wildman–Crippen MR) is 197 cm³/mol. The van der Waals surface area contributed by atoms with Crippen LogP contribution in [0.3, 0.4) is 0 Å². The molecule has 3 rings (SSSR count). The summed E-state index contributed by atoms with van der Waals surface area (Å²) < 4.78 is 10.2. The van der Waals surface area contributed by atoms with E-state index in [-0.39, 0.29) is 19.2 Å². The van der Waals surface area contributed by atoms with Crippen LogP contribution in [0.25, 0.3) is 0 Å². The Labute approximate surface area is 288 Å². The second kappa shape index (κ2) is 21.9. The van der Waals surface area contributed by atoms with Crippen LogP contribution in [0.2, 0.25) is 0 Å². The second-order valence-electron chi connectivity index (χ2n) is 12.0. The molecule has 9 N–H and O–H groups in total. The highest BCUT2D eigenvalue weighted by Crippen LogP contribution is 2.16. The highest BCUT2D eigenvalue weighted by Gasteiger charge is 2.17. The zero-order chi connectivity index (χ0) is 37.1. The number of nitrogen functional groups attached to an aromatic ring is 2. The van der Waals surface area contributed by atoms with E-state index in [1.165, 1.54) is 13.8 Å². The molecule has 0 bridgehead atoms. The molecule has 0 saturated heterocycles. The van der Waals surface area contributed by atoms with Gasteiger partial charge in [-0.1, -0.05) is 7.43 Å². The minimum atomic E-state index is -0.833. The summed E-state index contributed by atoms with van der Waals surface area (Å²) in [5.41, 5.74) is 14.0. The minimum Gasteiger partial charge on any atom is -0.481 e. The van der Waals surface area contributed by atoms with E-state index in [1.54, 1.807) is 93.6 Å². The molecular formula is C35H52N6O8. The molecule has 0 aliphatic heterocycles. The number of ether oxygens (including phenoxy) is 2. The number of anilines is 6. The molecule has 14 heteroatoms. The molecule has 3 aromatic rings. The molecule has 0 aliphatic rings. The zero-order valence-electron chi connectivity index (χ0n) is 28.9. The van der Waals surface area contributed by atoms with Gasteiger partial charge in [-0.15, -0.1) is 0 Å². The van der Waals surface area contributed by atoms with Gasteiger partial charge in [0.15, 0.2) is 0 Å². The molecule has 0 atom stereocenters. The normalized spacial score (nSPS) is 9.82. The van der Waals surface area contributed by atoms with Crippen molar-refractivity contribution in [2.24, 2.45) is 0 Å². The Morgan fingerprint density at radius 3 is 0.918 bits per heavy atom. The van der Waals surface area contributed by atoms with Gasteiger partial charge in [-0.3, -0.25) is 25.0 Å². The van der Waals surface area contributed by atoms with Gasteiger partial charge in [-0.25, -0.2) is 9.59 Å². The average molecular weight is 685 g/mol. The third-order valence-electron chi connectivity index (χ3n) is 4.64. The lowest BCUT2D eigenvalue weighted by Gasteiger charge is -2.19. The lowest BCUT2D eigenvalue weighted by molar-refractivity contribution is -0.134. The third kappa shape index (κ3) is 27.1. The highest BCUT2D eigenvalue weighted by atomic mass is 16.6. The summed E-state index contributed by atoms with van der Waals surface area (Å²) >= 11 is 0. The zero-order valence-corrected chi connectivity index (χ0v) is 28.9. The van der Waals surface area contributed by atoms with E-state index in [0.29, 0.717) is 28.4 Å². The topological polar surface area (TPSA) is 224 Å². The maximum Gasteiger partial charge on any atom is 0.412 e. The number of nitrogens with two attached hydrogens (primary N) is 2. The Hall–Kier alpha value is -5.79. The standard InChI is InChI=1S/C13H18N2O3.C11H16N2O2.C8H10N2O.C2H4O2.CH4/c1-9(16)14-10-5-7-11(8-6-10)15-12(17)18-13(2,3)4;1-11(2,3)15-10(14)13-9-6-4-8(12)5-7-9;1-6(11)10-8-4-2-7(9)3-5-8;1-2(3)4;/h5-8H,1-4H3,(H,14,16)(H,15,17);4-7H,12H2,1-3H3,(H,13,14);2-5H,9H2,1H3,(H,10,11);1H3,(H,3,4);1H4. The number of benzene rings is 3. The number of nitrogens with one attached hydrogen (secondary N) is 4. The number of hydrogen-bond donors (Lipinski definition) is 7. The molecular weight excluding hydrogens is 632 g/mol. The largest absolute Gasteiger partial charge is 0.481 e. The van der Waals surface area contributed by atoms with Gasteiger partial charge in [0, 0.05) is 54.9 Å². The lowest BCUT2D eigenvalue weighted by atomic mass is 10.2. The summed E-state index contributed by atoms with van der Waals surface area (Å²) in [5, 5.41) is 17.9. The fourth-order valence-electron chi connectivity index (χ4n) is 3.02. The van der Waals surface area contributed by atoms with Crippen LogP contribution in [-0.4, -0.2) is 46.3 Å². The van der Waals surface area contributed by atoms with Crippen LogP contribution < -0.4 is 32.7 Å². The number of carboxylic acids is 1. The van der Waals surface area contributed by atoms with Gasteiger partial charge in [0.2, 0.25) is 11.8 Å². The Bertz CT molecular complexity index is 1460. The van der Waals surface area contributed by atoms with Crippen molar-refractivity contribution in [3.8, 4) is 0 Å². The Morgan fingerprint density at radius 2 is 0.714 bits per heavy atom. The molecule has 0 saturated carbocycles. The van der Waals surface area contributed by atoms with Crippen molar-refractivity contribution in [1.82, 2.24) is 0 Å². The first-order valence-electron chi connectivity index (χ1n) is 14.6.